The van der Waals surface area contributed by atoms with Crippen LogP contribution in [0.15, 0.2) is 97.6 Å². The number of fused-ring (bicyclic) bond motifs is 3. The zero-order chi connectivity index (χ0) is 61.7. The van der Waals surface area contributed by atoms with Crippen molar-refractivity contribution in [1.29, 1.82) is 0 Å². The number of hydrogen-bond acceptors (Lipinski definition) is 17. The molecule has 0 N–H and O–H groups in total. The molecule has 86 heavy (non-hydrogen) atoms. The molecule has 10 rings (SSSR count). The quantitative estimate of drug-likeness (QED) is 0.0530. The molecule has 7 aromatic rings. The Balaban J connectivity index is 0.000000184. The van der Waals surface area contributed by atoms with Gasteiger partial charge in [0.25, 0.3) is 0 Å². The number of anilines is 6. The van der Waals surface area contributed by atoms with Crippen molar-refractivity contribution in [3.05, 3.63) is 138 Å². The van der Waals surface area contributed by atoms with Gasteiger partial charge in [0.15, 0.2) is 34.8 Å². The lowest BCUT2D eigenvalue weighted by molar-refractivity contribution is -0.120. The van der Waals surface area contributed by atoms with E-state index in [9.17, 15) is 41.9 Å². The smallest absolute Gasteiger partial charge is 0.249 e. The maximum Gasteiger partial charge on any atom is 0.249 e. The lowest BCUT2D eigenvalue weighted by atomic mass is 9.97. The summed E-state index contributed by atoms with van der Waals surface area (Å²) >= 11 is 1.32. The van der Waals surface area contributed by atoms with Crippen molar-refractivity contribution in [1.82, 2.24) is 34.3 Å². The van der Waals surface area contributed by atoms with Crippen LogP contribution in [0.2, 0.25) is 0 Å². The summed E-state index contributed by atoms with van der Waals surface area (Å²) in [7, 11) is 5.14. The molecule has 3 aromatic carbocycles. The molecule has 0 saturated heterocycles. The largest absolute Gasteiger partial charge is 0.340 e. The minimum Gasteiger partial charge on any atom is -0.340 e. The van der Waals surface area contributed by atoms with E-state index >= 15 is 0 Å². The van der Waals surface area contributed by atoms with E-state index < -0.39 is 23.6 Å². The zero-order valence-electron chi connectivity index (χ0n) is 49.5. The number of Topliss-reactive ketones (excluding diaryl/α,β-unsaturated/α-hetero) is 2. The molecule has 0 fully saturated rings. The van der Waals surface area contributed by atoms with Gasteiger partial charge in [-0.2, -0.15) is 4.37 Å². The Morgan fingerprint density at radius 1 is 0.558 bits per heavy atom. The summed E-state index contributed by atoms with van der Waals surface area (Å²) in [5.74, 6) is -0.152. The number of hydrogen-bond donors (Lipinski definition) is 0. The standard InChI is InChI=1S/C21H22FN5OS.C21H23FN4O3.C20H23FN4O2.CH4/c1-5-16-21(28)26(4)17-11-23-19(25-20(17)27(16)12(2)3)15-10-24-29-18(15)13-6-8-14(22)9-7-13;1-5-16-21(29)25(4)17-10-23-19(24-20(17)26(16)12(2)3)15(11-27)18(28)13-6-8-14(22)9-7-13;1-5-15-20(27)24(4)16-11-22-18(23-19(16)25(15)12(2)3)10-17(26)13-6-8-14(21)9-7-13;/h6-12,16H,5H2,1-4H3;6-12,15-16H,5H2,1-4H3;6-9,11-12,15H,5,10H2,1-4H3;1H4/t16-;15?,16-;15-;/m111./s1. The number of ketones is 2. The third-order valence-corrected chi connectivity index (χ3v) is 15.9. The topological polar surface area (TPSA) is 212 Å². The van der Waals surface area contributed by atoms with E-state index in [0.29, 0.717) is 71.5 Å². The number of aromatic nitrogens is 7. The molecule has 0 saturated carbocycles. The van der Waals surface area contributed by atoms with E-state index in [1.165, 1.54) is 71.2 Å². The highest BCUT2D eigenvalue weighted by Crippen LogP contribution is 2.41. The van der Waals surface area contributed by atoms with Gasteiger partial charge < -0.3 is 34.2 Å². The number of benzene rings is 3. The monoisotopic (exact) mass is 1200 g/mol. The van der Waals surface area contributed by atoms with Crippen molar-refractivity contribution in [3.8, 4) is 21.8 Å². The molecule has 0 aliphatic carbocycles. The minimum atomic E-state index is -1.22. The number of rotatable bonds is 15. The van der Waals surface area contributed by atoms with Gasteiger partial charge in [0.2, 0.25) is 17.7 Å². The van der Waals surface area contributed by atoms with Crippen LogP contribution < -0.4 is 29.4 Å². The lowest BCUT2D eigenvalue weighted by Crippen LogP contribution is -2.55. The summed E-state index contributed by atoms with van der Waals surface area (Å²) < 4.78 is 43.8. The van der Waals surface area contributed by atoms with Gasteiger partial charge in [-0.15, -0.1) is 0 Å². The van der Waals surface area contributed by atoms with Crippen LogP contribution in [-0.4, -0.2) is 127 Å². The summed E-state index contributed by atoms with van der Waals surface area (Å²) in [6.45, 7) is 17.9. The van der Waals surface area contributed by atoms with Crippen LogP contribution in [0, 0.1) is 17.5 Å². The highest BCUT2D eigenvalue weighted by atomic mass is 32.1. The fourth-order valence-corrected chi connectivity index (χ4v) is 11.4. The minimum absolute atomic E-state index is 0. The molecule has 4 atom stereocenters. The van der Waals surface area contributed by atoms with Gasteiger partial charge in [-0.05, 0) is 139 Å². The van der Waals surface area contributed by atoms with Crippen LogP contribution in [0.4, 0.5) is 47.7 Å². The van der Waals surface area contributed by atoms with Crippen molar-refractivity contribution < 1.29 is 41.9 Å². The molecule has 452 valence electrons. The number of halogens is 3. The number of likely N-dealkylation sites (N-methyl/N-ethyl adjacent to an activating group) is 3. The van der Waals surface area contributed by atoms with Gasteiger partial charge in [0.05, 0.1) is 41.6 Å². The average Bonchev–Trinajstić information content (AvgIpc) is 1.22. The van der Waals surface area contributed by atoms with Crippen LogP contribution in [0.25, 0.3) is 21.8 Å². The summed E-state index contributed by atoms with van der Waals surface area (Å²) in [6.07, 6.45) is 8.94. The highest BCUT2D eigenvalue weighted by molar-refractivity contribution is 7.10. The molecule has 3 aliphatic heterocycles. The lowest BCUT2D eigenvalue weighted by Gasteiger charge is -2.42. The molecular weight excluding hydrogens is 1120 g/mol. The van der Waals surface area contributed by atoms with Gasteiger partial charge in [0, 0.05) is 50.4 Å². The molecule has 0 bridgehead atoms. The van der Waals surface area contributed by atoms with Crippen LogP contribution in [0.3, 0.4) is 0 Å². The Labute approximate surface area is 503 Å². The fraction of sp³-hybridized carbons (Fsp3) is 0.381. The first-order chi connectivity index (χ1) is 40.5. The molecular formula is C63H72F3N13O6S. The van der Waals surface area contributed by atoms with Crippen molar-refractivity contribution in [2.75, 3.05) is 50.5 Å². The molecule has 0 spiro atoms. The molecule has 3 aliphatic rings. The summed E-state index contributed by atoms with van der Waals surface area (Å²) in [5.41, 5.74) is 4.13. The maximum absolute atomic E-state index is 13.3. The number of nitrogens with zero attached hydrogens (tertiary/aromatic N) is 13. The second-order valence-electron chi connectivity index (χ2n) is 21.5. The van der Waals surface area contributed by atoms with E-state index in [1.54, 1.807) is 61.7 Å². The number of amides is 3. The Bertz CT molecular complexity index is 3610. The first-order valence-electron chi connectivity index (χ1n) is 28.1. The van der Waals surface area contributed by atoms with Crippen molar-refractivity contribution >= 4 is 81.6 Å². The number of carbonyl (C=O) groups is 6. The number of carbonyl (C=O) groups excluding carboxylic acids is 6. The molecule has 19 nitrogen and oxygen atoms in total. The van der Waals surface area contributed by atoms with Crippen molar-refractivity contribution in [2.45, 2.75) is 138 Å². The fourth-order valence-electron chi connectivity index (χ4n) is 10.7. The van der Waals surface area contributed by atoms with Gasteiger partial charge in [-0.1, -0.05) is 40.3 Å². The predicted octanol–water partition coefficient (Wildman–Crippen LogP) is 10.8. The Morgan fingerprint density at radius 2 is 0.965 bits per heavy atom. The van der Waals surface area contributed by atoms with E-state index in [0.717, 1.165) is 34.0 Å². The van der Waals surface area contributed by atoms with Crippen molar-refractivity contribution in [2.24, 2.45) is 0 Å². The molecule has 3 amide bonds. The van der Waals surface area contributed by atoms with E-state index in [4.69, 9.17) is 4.98 Å². The molecule has 7 heterocycles. The van der Waals surface area contributed by atoms with E-state index in [2.05, 4.69) is 48.0 Å². The van der Waals surface area contributed by atoms with E-state index in [1.807, 2.05) is 58.3 Å². The predicted molar refractivity (Wildman–Crippen MR) is 329 cm³/mol. The first kappa shape index (κ1) is 64.7. The maximum atomic E-state index is 13.3. The highest BCUT2D eigenvalue weighted by Gasteiger charge is 2.42. The van der Waals surface area contributed by atoms with Gasteiger partial charge in [0.1, 0.15) is 76.5 Å². The van der Waals surface area contributed by atoms with Gasteiger partial charge in [-0.25, -0.2) is 43.1 Å². The normalized spacial score (nSPS) is 16.6. The second-order valence-corrected chi connectivity index (χ2v) is 22.3. The first-order valence-corrected chi connectivity index (χ1v) is 28.8. The van der Waals surface area contributed by atoms with Crippen molar-refractivity contribution in [3.63, 3.8) is 0 Å². The SMILES string of the molecule is C.CC[C@@H]1C(=O)N(C)c2cnc(-c3cnsc3-c3ccc(F)cc3)nc2N1C(C)C.CC[C@@H]1C(=O)N(C)c2cnc(C(C=O)C(=O)c3ccc(F)cc3)nc2N1C(C)C.CC[C@@H]1C(=O)N(C)c2cnc(CC(=O)c3ccc(F)cc3)nc2N1C(C)C. The summed E-state index contributed by atoms with van der Waals surface area (Å²) in [5, 5.41) is 0. The Morgan fingerprint density at radius 3 is 1.41 bits per heavy atom. The summed E-state index contributed by atoms with van der Waals surface area (Å²) in [6, 6.07) is 15.9. The second kappa shape index (κ2) is 27.5. The summed E-state index contributed by atoms with van der Waals surface area (Å²) in [4.78, 5) is 114. The third-order valence-electron chi connectivity index (χ3n) is 15.0. The molecule has 4 aromatic heterocycles. The van der Waals surface area contributed by atoms with Crippen LogP contribution in [0.1, 0.15) is 127 Å². The molecule has 1 unspecified atom stereocenters. The van der Waals surface area contributed by atoms with Crippen LogP contribution in [-0.2, 0) is 25.6 Å². The number of aldehydes is 1. The van der Waals surface area contributed by atoms with Gasteiger partial charge >= 0.3 is 0 Å². The zero-order valence-corrected chi connectivity index (χ0v) is 50.3. The van der Waals surface area contributed by atoms with Crippen LogP contribution >= 0.6 is 11.5 Å². The third kappa shape index (κ3) is 13.0. The van der Waals surface area contributed by atoms with E-state index in [-0.39, 0.29) is 90.6 Å². The van der Waals surface area contributed by atoms with Gasteiger partial charge in [-0.3, -0.25) is 24.0 Å². The molecule has 0 radical (unpaired) electrons. The Hall–Kier alpha value is -8.86. The molecule has 23 heteroatoms. The Kier molecular flexibility index (Phi) is 20.7. The van der Waals surface area contributed by atoms with Crippen LogP contribution in [0.5, 0.6) is 0 Å². The average molecular weight is 1200 g/mol.